The number of thioether (sulfide) groups is 1. The number of hydrogen-bond acceptors (Lipinski definition) is 3. The molecular formula is C20H25N3OS. The zero-order chi connectivity index (χ0) is 18.1. The number of rotatable bonds is 5. The van der Waals surface area contributed by atoms with E-state index in [1.54, 1.807) is 0 Å². The second-order valence-corrected chi connectivity index (χ2v) is 7.78. The van der Waals surface area contributed by atoms with E-state index in [4.69, 9.17) is 4.98 Å². The number of aromatic nitrogens is 3. The Morgan fingerprint density at radius 3 is 2.56 bits per heavy atom. The molecule has 0 N–H and O–H groups in total. The Labute approximate surface area is 152 Å². The molecule has 0 spiro atoms. The Hall–Kier alpha value is -2.01. The molecule has 0 unspecified atom stereocenters. The van der Waals surface area contributed by atoms with Gasteiger partial charge in [-0.15, -0.1) is 0 Å². The fourth-order valence-electron chi connectivity index (χ4n) is 3.23. The maximum absolute atomic E-state index is 13.2. The molecule has 25 heavy (non-hydrogen) atoms. The van der Waals surface area contributed by atoms with Gasteiger partial charge in [0.1, 0.15) is 5.52 Å². The highest BCUT2D eigenvalue weighted by Crippen LogP contribution is 2.21. The van der Waals surface area contributed by atoms with E-state index >= 15 is 0 Å². The SMILES string of the molecule is CSc1nc2cc(C)n(Cc3cccc(C)c3)c2c(=O)n1CC(C)C. The summed E-state index contributed by atoms with van der Waals surface area (Å²) in [4.78, 5) is 18.0. The largest absolute Gasteiger partial charge is 0.335 e. The van der Waals surface area contributed by atoms with Crippen LogP contribution in [0.3, 0.4) is 0 Å². The van der Waals surface area contributed by atoms with Gasteiger partial charge in [0.2, 0.25) is 0 Å². The third-order valence-corrected chi connectivity index (χ3v) is 5.01. The van der Waals surface area contributed by atoms with E-state index < -0.39 is 0 Å². The van der Waals surface area contributed by atoms with Crippen molar-refractivity contribution in [3.8, 4) is 0 Å². The van der Waals surface area contributed by atoms with Crippen molar-refractivity contribution < 1.29 is 0 Å². The Balaban J connectivity index is 2.19. The molecule has 0 aliphatic heterocycles. The van der Waals surface area contributed by atoms with Crippen molar-refractivity contribution in [2.45, 2.75) is 45.9 Å². The predicted octanol–water partition coefficient (Wildman–Crippen LogP) is 4.24. The van der Waals surface area contributed by atoms with Gasteiger partial charge in [0.25, 0.3) is 5.56 Å². The fraction of sp³-hybridized carbons (Fsp3) is 0.400. The first-order valence-electron chi connectivity index (χ1n) is 8.61. The summed E-state index contributed by atoms with van der Waals surface area (Å²) in [7, 11) is 0. The van der Waals surface area contributed by atoms with Crippen molar-refractivity contribution in [1.29, 1.82) is 0 Å². The average Bonchev–Trinajstić information content (AvgIpc) is 2.85. The van der Waals surface area contributed by atoms with Crippen LogP contribution >= 0.6 is 11.8 Å². The Bertz CT molecular complexity index is 969. The summed E-state index contributed by atoms with van der Waals surface area (Å²) >= 11 is 1.53. The molecule has 5 heteroatoms. The molecule has 2 heterocycles. The molecule has 0 bridgehead atoms. The Morgan fingerprint density at radius 1 is 1.16 bits per heavy atom. The first-order valence-corrected chi connectivity index (χ1v) is 9.83. The van der Waals surface area contributed by atoms with Crippen molar-refractivity contribution in [3.05, 3.63) is 57.5 Å². The molecule has 0 radical (unpaired) electrons. The van der Waals surface area contributed by atoms with Crippen LogP contribution in [-0.4, -0.2) is 20.4 Å². The molecule has 0 fully saturated rings. The number of hydrogen-bond donors (Lipinski definition) is 0. The quantitative estimate of drug-likeness (QED) is 0.508. The third kappa shape index (κ3) is 3.52. The van der Waals surface area contributed by atoms with Crippen molar-refractivity contribution in [1.82, 2.24) is 14.1 Å². The number of nitrogens with zero attached hydrogens (tertiary/aromatic N) is 3. The number of benzene rings is 1. The molecule has 2 aromatic heterocycles. The number of fused-ring (bicyclic) bond motifs is 1. The van der Waals surface area contributed by atoms with Crippen molar-refractivity contribution >= 4 is 22.8 Å². The normalized spacial score (nSPS) is 11.6. The van der Waals surface area contributed by atoms with Gasteiger partial charge in [-0.25, -0.2) is 4.98 Å². The summed E-state index contributed by atoms with van der Waals surface area (Å²) in [5.74, 6) is 0.393. The van der Waals surface area contributed by atoms with Gasteiger partial charge in [-0.3, -0.25) is 9.36 Å². The Kier molecular flexibility index (Phi) is 5.04. The molecule has 4 nitrogen and oxygen atoms in total. The summed E-state index contributed by atoms with van der Waals surface area (Å²) in [6.07, 6.45) is 1.97. The first-order chi connectivity index (χ1) is 11.9. The van der Waals surface area contributed by atoms with Crippen molar-refractivity contribution in [2.24, 2.45) is 5.92 Å². The van der Waals surface area contributed by atoms with Crippen LogP contribution < -0.4 is 5.56 Å². The van der Waals surface area contributed by atoms with Gasteiger partial charge in [-0.1, -0.05) is 55.4 Å². The van der Waals surface area contributed by atoms with Gasteiger partial charge in [0.15, 0.2) is 5.16 Å². The third-order valence-electron chi connectivity index (χ3n) is 4.33. The van der Waals surface area contributed by atoms with Crippen LogP contribution in [0.5, 0.6) is 0 Å². The number of aryl methyl sites for hydroxylation is 2. The summed E-state index contributed by atoms with van der Waals surface area (Å²) in [6, 6.07) is 10.4. The standard InChI is InChI=1S/C20H25N3OS/c1-13(2)11-23-19(24)18-17(21-20(23)25-5)10-15(4)22(18)12-16-8-6-7-14(3)9-16/h6-10,13H,11-12H2,1-5H3. The summed E-state index contributed by atoms with van der Waals surface area (Å²) < 4.78 is 3.92. The molecule has 1 aromatic carbocycles. The van der Waals surface area contributed by atoms with Gasteiger partial charge in [0, 0.05) is 18.8 Å². The van der Waals surface area contributed by atoms with Crippen LogP contribution in [0.25, 0.3) is 11.0 Å². The summed E-state index contributed by atoms with van der Waals surface area (Å²) in [5.41, 5.74) is 5.05. The minimum absolute atomic E-state index is 0.0591. The highest BCUT2D eigenvalue weighted by atomic mass is 32.2. The van der Waals surface area contributed by atoms with E-state index in [2.05, 4.69) is 49.6 Å². The lowest BCUT2D eigenvalue weighted by Crippen LogP contribution is -2.27. The topological polar surface area (TPSA) is 39.8 Å². The lowest BCUT2D eigenvalue weighted by Gasteiger charge is -2.14. The smallest absolute Gasteiger partial charge is 0.278 e. The highest BCUT2D eigenvalue weighted by molar-refractivity contribution is 7.98. The lowest BCUT2D eigenvalue weighted by molar-refractivity contribution is 0.474. The van der Waals surface area contributed by atoms with Gasteiger partial charge < -0.3 is 4.57 Å². The molecule has 3 rings (SSSR count). The molecule has 132 valence electrons. The molecule has 0 saturated carbocycles. The van der Waals surface area contributed by atoms with Crippen LogP contribution in [0.1, 0.15) is 30.7 Å². The maximum Gasteiger partial charge on any atom is 0.278 e. The monoisotopic (exact) mass is 355 g/mol. The van der Waals surface area contributed by atoms with Crippen LogP contribution in [0.2, 0.25) is 0 Å². The molecule has 0 amide bonds. The van der Waals surface area contributed by atoms with Crippen molar-refractivity contribution in [3.63, 3.8) is 0 Å². The fourth-order valence-corrected chi connectivity index (χ4v) is 3.79. The Morgan fingerprint density at radius 2 is 1.92 bits per heavy atom. The molecule has 3 aromatic rings. The zero-order valence-electron chi connectivity index (χ0n) is 15.5. The maximum atomic E-state index is 13.2. The van der Waals surface area contributed by atoms with Gasteiger partial charge in [-0.2, -0.15) is 0 Å². The molecule has 0 aliphatic carbocycles. The lowest BCUT2D eigenvalue weighted by atomic mass is 10.1. The van der Waals surface area contributed by atoms with E-state index in [0.717, 1.165) is 16.4 Å². The van der Waals surface area contributed by atoms with E-state index in [9.17, 15) is 4.79 Å². The van der Waals surface area contributed by atoms with Crippen LogP contribution in [0, 0.1) is 19.8 Å². The van der Waals surface area contributed by atoms with Crippen LogP contribution in [0.4, 0.5) is 0 Å². The summed E-state index contributed by atoms with van der Waals surface area (Å²) in [6.45, 7) is 9.75. The minimum atomic E-state index is 0.0591. The predicted molar refractivity (Wildman–Crippen MR) is 106 cm³/mol. The second kappa shape index (κ2) is 7.08. The van der Waals surface area contributed by atoms with Gasteiger partial charge in [0.05, 0.1) is 5.52 Å². The van der Waals surface area contributed by atoms with E-state index in [-0.39, 0.29) is 5.56 Å². The molecule has 0 saturated heterocycles. The summed E-state index contributed by atoms with van der Waals surface area (Å²) in [5, 5.41) is 0.791. The second-order valence-electron chi connectivity index (χ2n) is 7.00. The van der Waals surface area contributed by atoms with Gasteiger partial charge >= 0.3 is 0 Å². The molecule has 0 aliphatic rings. The molecular weight excluding hydrogens is 330 g/mol. The minimum Gasteiger partial charge on any atom is -0.335 e. The molecule has 0 atom stereocenters. The average molecular weight is 356 g/mol. The van der Waals surface area contributed by atoms with Gasteiger partial charge in [-0.05, 0) is 37.7 Å². The van der Waals surface area contributed by atoms with E-state index in [0.29, 0.717) is 24.5 Å². The van der Waals surface area contributed by atoms with E-state index in [1.165, 1.54) is 22.9 Å². The zero-order valence-corrected chi connectivity index (χ0v) is 16.4. The first kappa shape index (κ1) is 17.8. The van der Waals surface area contributed by atoms with Crippen molar-refractivity contribution in [2.75, 3.05) is 6.26 Å². The van der Waals surface area contributed by atoms with E-state index in [1.807, 2.05) is 23.8 Å². The van der Waals surface area contributed by atoms with Crippen LogP contribution in [0.15, 0.2) is 40.3 Å². The highest BCUT2D eigenvalue weighted by Gasteiger charge is 2.17. The van der Waals surface area contributed by atoms with Crippen LogP contribution in [-0.2, 0) is 13.1 Å².